The number of aliphatic hydroxyl groups is 1. The highest BCUT2D eigenvalue weighted by Gasteiger charge is 2.13. The Balaban J connectivity index is 1.94. The lowest BCUT2D eigenvalue weighted by atomic mass is 9.93. The summed E-state index contributed by atoms with van der Waals surface area (Å²) in [4.78, 5) is 11.3. The molecule has 0 saturated carbocycles. The summed E-state index contributed by atoms with van der Waals surface area (Å²) in [7, 11) is 0. The molecule has 21 heavy (non-hydrogen) atoms. The van der Waals surface area contributed by atoms with Gasteiger partial charge in [-0.05, 0) is 31.8 Å². The van der Waals surface area contributed by atoms with Crippen molar-refractivity contribution in [1.29, 1.82) is 0 Å². The molecular weight excluding hydrogens is 260 g/mol. The average Bonchev–Trinajstić information content (AvgIpc) is 2.45. The van der Waals surface area contributed by atoms with Crippen molar-refractivity contribution in [2.24, 2.45) is 0 Å². The molecule has 1 aliphatic carbocycles. The van der Waals surface area contributed by atoms with E-state index < -0.39 is 0 Å². The fourth-order valence-corrected chi connectivity index (χ4v) is 3.12. The van der Waals surface area contributed by atoms with E-state index in [1.165, 1.54) is 51.4 Å². The molecule has 0 amide bonds. The molecule has 2 heteroatoms. The van der Waals surface area contributed by atoms with Crippen LogP contribution in [-0.4, -0.2) is 17.0 Å². The number of carbonyl (C=O) groups is 1. The summed E-state index contributed by atoms with van der Waals surface area (Å²) in [6, 6.07) is 0. The molecule has 0 aromatic heterocycles. The molecule has 0 aliphatic heterocycles. The Labute approximate surface area is 131 Å². The standard InChI is InChI=1S/C19H34O2/c1-2-3-4-5-6-7-8-9-10-13-18(20)15-17-12-11-14-19(21)16-17/h16,18,20H,2-15H2,1H3. The summed E-state index contributed by atoms with van der Waals surface area (Å²) in [5, 5.41) is 10.0. The molecule has 1 aliphatic rings. The minimum atomic E-state index is -0.244. The van der Waals surface area contributed by atoms with Gasteiger partial charge in [0, 0.05) is 6.42 Å². The second kappa shape index (κ2) is 12.0. The first-order valence-corrected chi connectivity index (χ1v) is 9.12. The smallest absolute Gasteiger partial charge is 0.155 e. The number of carbonyl (C=O) groups excluding carboxylic acids is 1. The van der Waals surface area contributed by atoms with E-state index in [9.17, 15) is 9.90 Å². The summed E-state index contributed by atoms with van der Waals surface area (Å²) in [5.74, 6) is 0.242. The molecule has 2 nitrogen and oxygen atoms in total. The van der Waals surface area contributed by atoms with Gasteiger partial charge in [-0.25, -0.2) is 0 Å². The van der Waals surface area contributed by atoms with Crippen molar-refractivity contribution in [2.75, 3.05) is 0 Å². The van der Waals surface area contributed by atoms with Crippen LogP contribution in [-0.2, 0) is 4.79 Å². The summed E-state index contributed by atoms with van der Waals surface area (Å²) in [5.41, 5.74) is 1.16. The molecule has 0 aromatic carbocycles. The molecule has 0 bridgehead atoms. The van der Waals surface area contributed by atoms with E-state index in [0.29, 0.717) is 12.8 Å². The molecule has 0 radical (unpaired) electrons. The highest BCUT2D eigenvalue weighted by Crippen LogP contribution is 2.21. The number of rotatable bonds is 12. The highest BCUT2D eigenvalue weighted by atomic mass is 16.3. The maximum Gasteiger partial charge on any atom is 0.155 e. The molecule has 0 spiro atoms. The second-order valence-electron chi connectivity index (χ2n) is 6.60. The lowest BCUT2D eigenvalue weighted by molar-refractivity contribution is -0.115. The summed E-state index contributed by atoms with van der Waals surface area (Å²) >= 11 is 0. The maximum atomic E-state index is 11.3. The molecule has 1 N–H and O–H groups in total. The highest BCUT2D eigenvalue weighted by molar-refractivity contribution is 5.91. The van der Waals surface area contributed by atoms with Gasteiger partial charge in [0.25, 0.3) is 0 Å². The number of ketones is 1. The topological polar surface area (TPSA) is 37.3 Å². The van der Waals surface area contributed by atoms with Crippen LogP contribution in [0.15, 0.2) is 11.6 Å². The summed E-state index contributed by atoms with van der Waals surface area (Å²) < 4.78 is 0. The van der Waals surface area contributed by atoms with Gasteiger partial charge in [-0.2, -0.15) is 0 Å². The van der Waals surface area contributed by atoms with E-state index in [1.807, 2.05) is 0 Å². The normalized spacial score (nSPS) is 16.9. The van der Waals surface area contributed by atoms with Crippen LogP contribution in [0.2, 0.25) is 0 Å². The number of hydrogen-bond donors (Lipinski definition) is 1. The lowest BCUT2D eigenvalue weighted by Crippen LogP contribution is -2.11. The zero-order valence-corrected chi connectivity index (χ0v) is 13.9. The van der Waals surface area contributed by atoms with Crippen LogP contribution < -0.4 is 0 Å². The van der Waals surface area contributed by atoms with Gasteiger partial charge in [-0.15, -0.1) is 0 Å². The average molecular weight is 294 g/mol. The van der Waals surface area contributed by atoms with Crippen molar-refractivity contribution < 1.29 is 9.90 Å². The minimum absolute atomic E-state index is 0.242. The Hall–Kier alpha value is -0.630. The third-order valence-corrected chi connectivity index (χ3v) is 4.42. The first kappa shape index (κ1) is 18.4. The fraction of sp³-hybridized carbons (Fsp3) is 0.842. The van der Waals surface area contributed by atoms with E-state index >= 15 is 0 Å². The van der Waals surface area contributed by atoms with E-state index in [4.69, 9.17) is 0 Å². The number of allylic oxidation sites excluding steroid dienone is 1. The third kappa shape index (κ3) is 9.84. The van der Waals surface area contributed by atoms with Gasteiger partial charge in [0.1, 0.15) is 0 Å². The van der Waals surface area contributed by atoms with Crippen LogP contribution in [0.5, 0.6) is 0 Å². The number of unbranched alkanes of at least 4 members (excludes halogenated alkanes) is 8. The predicted octanol–water partition coefficient (Wildman–Crippen LogP) is 5.34. The minimum Gasteiger partial charge on any atom is -0.393 e. The third-order valence-electron chi connectivity index (χ3n) is 4.42. The Bertz CT molecular complexity index is 307. The van der Waals surface area contributed by atoms with E-state index in [2.05, 4.69) is 6.92 Å². The zero-order chi connectivity index (χ0) is 15.3. The molecule has 0 heterocycles. The monoisotopic (exact) mass is 294 g/mol. The molecule has 1 rings (SSSR count). The van der Waals surface area contributed by atoms with Crippen LogP contribution in [0.4, 0.5) is 0 Å². The largest absolute Gasteiger partial charge is 0.393 e. The Morgan fingerprint density at radius 3 is 2.24 bits per heavy atom. The van der Waals surface area contributed by atoms with Gasteiger partial charge in [-0.3, -0.25) is 4.79 Å². The molecule has 0 saturated heterocycles. The van der Waals surface area contributed by atoms with Gasteiger partial charge in [0.05, 0.1) is 6.10 Å². The fourth-order valence-electron chi connectivity index (χ4n) is 3.12. The van der Waals surface area contributed by atoms with Crippen molar-refractivity contribution in [3.05, 3.63) is 11.6 Å². The van der Waals surface area contributed by atoms with Gasteiger partial charge in [0.15, 0.2) is 5.78 Å². The molecule has 0 aromatic rings. The van der Waals surface area contributed by atoms with Crippen molar-refractivity contribution in [1.82, 2.24) is 0 Å². The first-order valence-electron chi connectivity index (χ1n) is 9.12. The van der Waals surface area contributed by atoms with Crippen LogP contribution in [0, 0.1) is 0 Å². The van der Waals surface area contributed by atoms with Crippen LogP contribution in [0.1, 0.15) is 96.8 Å². The molecule has 1 atom stereocenters. The molecular formula is C19H34O2. The lowest BCUT2D eigenvalue weighted by Gasteiger charge is -2.16. The second-order valence-corrected chi connectivity index (χ2v) is 6.60. The SMILES string of the molecule is CCCCCCCCCCCC(O)CC1=CC(=O)CCC1. The molecule has 1 unspecified atom stereocenters. The zero-order valence-electron chi connectivity index (χ0n) is 13.9. The summed E-state index contributed by atoms with van der Waals surface area (Å²) in [6.07, 6.45) is 17.6. The van der Waals surface area contributed by atoms with Crippen molar-refractivity contribution in [3.8, 4) is 0 Å². The number of aliphatic hydroxyl groups excluding tert-OH is 1. The van der Waals surface area contributed by atoms with Gasteiger partial charge in [-0.1, -0.05) is 70.3 Å². The van der Waals surface area contributed by atoms with Crippen molar-refractivity contribution in [2.45, 2.75) is 103 Å². The van der Waals surface area contributed by atoms with Crippen LogP contribution in [0.3, 0.4) is 0 Å². The Morgan fingerprint density at radius 1 is 1.00 bits per heavy atom. The number of hydrogen-bond acceptors (Lipinski definition) is 2. The van der Waals surface area contributed by atoms with E-state index in [1.54, 1.807) is 6.08 Å². The molecule has 0 fully saturated rings. The first-order chi connectivity index (χ1) is 10.2. The van der Waals surface area contributed by atoms with Crippen LogP contribution in [0.25, 0.3) is 0 Å². The Morgan fingerprint density at radius 2 is 1.62 bits per heavy atom. The van der Waals surface area contributed by atoms with E-state index in [-0.39, 0.29) is 11.9 Å². The Kier molecular flexibility index (Phi) is 10.5. The maximum absolute atomic E-state index is 11.3. The quantitative estimate of drug-likeness (QED) is 0.493. The van der Waals surface area contributed by atoms with E-state index in [0.717, 1.165) is 31.3 Å². The van der Waals surface area contributed by atoms with Crippen molar-refractivity contribution in [3.63, 3.8) is 0 Å². The summed E-state index contributed by atoms with van der Waals surface area (Å²) in [6.45, 7) is 2.25. The van der Waals surface area contributed by atoms with Crippen LogP contribution >= 0.6 is 0 Å². The van der Waals surface area contributed by atoms with Gasteiger partial charge < -0.3 is 5.11 Å². The van der Waals surface area contributed by atoms with Gasteiger partial charge >= 0.3 is 0 Å². The predicted molar refractivity (Wildman–Crippen MR) is 89.4 cm³/mol. The molecule has 122 valence electrons. The van der Waals surface area contributed by atoms with Crippen molar-refractivity contribution >= 4 is 5.78 Å². The van der Waals surface area contributed by atoms with Gasteiger partial charge in [0.2, 0.25) is 0 Å².